The highest BCUT2D eigenvalue weighted by Crippen LogP contribution is 2.28. The Kier molecular flexibility index (Phi) is 7.49. The first-order valence-corrected chi connectivity index (χ1v) is 10.5. The summed E-state index contributed by atoms with van der Waals surface area (Å²) in [7, 11) is 1.51. The number of hydrazine groups is 1. The zero-order valence-corrected chi connectivity index (χ0v) is 18.8. The van der Waals surface area contributed by atoms with E-state index >= 15 is 0 Å². The van der Waals surface area contributed by atoms with Crippen molar-refractivity contribution in [2.75, 3.05) is 13.7 Å². The summed E-state index contributed by atoms with van der Waals surface area (Å²) in [6.07, 6.45) is 2.96. The first-order chi connectivity index (χ1) is 15.5. The molecule has 1 heterocycles. The number of aryl methyl sites for hydroxylation is 1. The molecule has 1 aromatic heterocycles. The van der Waals surface area contributed by atoms with Crippen molar-refractivity contribution < 1.29 is 19.1 Å². The van der Waals surface area contributed by atoms with Crippen molar-refractivity contribution >= 4 is 11.8 Å². The van der Waals surface area contributed by atoms with Crippen molar-refractivity contribution in [3.05, 3.63) is 71.0 Å². The first kappa shape index (κ1) is 22.9. The molecule has 0 spiro atoms. The molecule has 168 valence electrons. The molecule has 0 bridgehead atoms. The van der Waals surface area contributed by atoms with Crippen LogP contribution in [0.25, 0.3) is 5.69 Å². The van der Waals surface area contributed by atoms with Gasteiger partial charge in [-0.15, -0.1) is 0 Å². The quantitative estimate of drug-likeness (QED) is 0.526. The molecule has 2 N–H and O–H groups in total. The molecular formula is C24H28N4O4. The molecule has 0 aliphatic carbocycles. The summed E-state index contributed by atoms with van der Waals surface area (Å²) >= 11 is 0. The molecule has 3 aromatic rings. The molecule has 0 saturated carbocycles. The Bertz CT molecular complexity index is 1090. The van der Waals surface area contributed by atoms with Crippen LogP contribution in [-0.2, 0) is 6.42 Å². The summed E-state index contributed by atoms with van der Waals surface area (Å²) in [5.41, 5.74) is 8.40. The zero-order valence-electron chi connectivity index (χ0n) is 18.8. The lowest BCUT2D eigenvalue weighted by molar-refractivity contribution is 0.0846. The molecule has 32 heavy (non-hydrogen) atoms. The fraction of sp³-hybridized carbons (Fsp3) is 0.292. The second-order valence-electron chi connectivity index (χ2n) is 7.23. The van der Waals surface area contributed by atoms with E-state index < -0.39 is 11.8 Å². The second-order valence-corrected chi connectivity index (χ2v) is 7.23. The Balaban J connectivity index is 1.70. The Morgan fingerprint density at radius 1 is 1.00 bits per heavy atom. The smallest absolute Gasteiger partial charge is 0.273 e. The fourth-order valence-corrected chi connectivity index (χ4v) is 3.21. The molecule has 8 heteroatoms. The number of benzene rings is 2. The number of carbonyl (C=O) groups is 2. The van der Waals surface area contributed by atoms with Crippen LogP contribution in [0.15, 0.2) is 48.7 Å². The van der Waals surface area contributed by atoms with Crippen molar-refractivity contribution in [3.8, 4) is 17.2 Å². The molecule has 0 unspecified atom stereocenters. The van der Waals surface area contributed by atoms with E-state index in [9.17, 15) is 9.59 Å². The number of nitrogens with one attached hydrogen (secondary N) is 2. The van der Waals surface area contributed by atoms with Crippen LogP contribution < -0.4 is 20.3 Å². The van der Waals surface area contributed by atoms with Crippen molar-refractivity contribution in [2.24, 2.45) is 0 Å². The topological polar surface area (TPSA) is 94.5 Å². The van der Waals surface area contributed by atoms with Gasteiger partial charge < -0.3 is 9.47 Å². The second kappa shape index (κ2) is 10.5. The number of aromatic nitrogens is 2. The fourth-order valence-electron chi connectivity index (χ4n) is 3.21. The van der Waals surface area contributed by atoms with E-state index in [1.807, 2.05) is 45.0 Å². The van der Waals surface area contributed by atoms with Crippen LogP contribution in [0.2, 0.25) is 0 Å². The number of carbonyl (C=O) groups excluding carboxylic acids is 2. The Hall–Kier alpha value is -3.81. The third-order valence-electron chi connectivity index (χ3n) is 4.90. The van der Waals surface area contributed by atoms with Crippen molar-refractivity contribution in [1.82, 2.24) is 20.6 Å². The maximum absolute atomic E-state index is 12.7. The molecule has 3 rings (SSSR count). The van der Waals surface area contributed by atoms with E-state index in [-0.39, 0.29) is 0 Å². The van der Waals surface area contributed by atoms with Crippen molar-refractivity contribution in [2.45, 2.75) is 33.6 Å². The monoisotopic (exact) mass is 436 g/mol. The minimum Gasteiger partial charge on any atom is -0.493 e. The molecule has 0 atom stereocenters. The maximum Gasteiger partial charge on any atom is 0.273 e. The van der Waals surface area contributed by atoms with Gasteiger partial charge in [0.1, 0.15) is 0 Å². The number of rotatable bonds is 8. The molecule has 8 nitrogen and oxygen atoms in total. The third-order valence-corrected chi connectivity index (χ3v) is 4.90. The molecule has 2 aromatic carbocycles. The molecule has 0 radical (unpaired) electrons. The Labute approximate surface area is 187 Å². The average molecular weight is 437 g/mol. The highest BCUT2D eigenvalue weighted by atomic mass is 16.5. The minimum absolute atomic E-state index is 0.331. The summed E-state index contributed by atoms with van der Waals surface area (Å²) in [6.45, 7) is 6.52. The lowest BCUT2D eigenvalue weighted by atomic mass is 10.1. The van der Waals surface area contributed by atoms with E-state index in [0.29, 0.717) is 35.7 Å². The molecule has 2 amide bonds. The number of hydrogen-bond acceptors (Lipinski definition) is 5. The first-order valence-electron chi connectivity index (χ1n) is 10.5. The van der Waals surface area contributed by atoms with Crippen LogP contribution in [0.3, 0.4) is 0 Å². The maximum atomic E-state index is 12.7. The van der Waals surface area contributed by atoms with Gasteiger partial charge in [-0.05, 0) is 50.1 Å². The van der Waals surface area contributed by atoms with Gasteiger partial charge in [-0.3, -0.25) is 20.4 Å². The SMILES string of the molecule is CCCOc1ccc(C(=O)NNC(=O)c2cnn(-c3ccc(C)cc3)c2CC)cc1OC. The highest BCUT2D eigenvalue weighted by molar-refractivity contribution is 5.99. The van der Waals surface area contributed by atoms with Crippen LogP contribution in [-0.4, -0.2) is 35.3 Å². The number of amides is 2. The lowest BCUT2D eigenvalue weighted by Gasteiger charge is -2.12. The average Bonchev–Trinajstić information content (AvgIpc) is 3.25. The standard InChI is InChI=1S/C24H28N4O4/c1-5-13-32-21-12-9-17(14-22(21)31-4)23(29)26-27-24(30)19-15-25-28(20(19)6-2)18-10-7-16(3)8-11-18/h7-12,14-15H,5-6,13H2,1-4H3,(H,26,29)(H,27,30). The number of ether oxygens (including phenoxy) is 2. The molecular weight excluding hydrogens is 408 g/mol. The van der Waals surface area contributed by atoms with Gasteiger partial charge in [-0.25, -0.2) is 4.68 Å². The number of nitrogens with zero attached hydrogens (tertiary/aromatic N) is 2. The van der Waals surface area contributed by atoms with Crippen LogP contribution in [0, 0.1) is 6.92 Å². The van der Waals surface area contributed by atoms with Crippen LogP contribution in [0.4, 0.5) is 0 Å². The number of methoxy groups -OCH3 is 1. The van der Waals surface area contributed by atoms with E-state index in [1.165, 1.54) is 13.3 Å². The van der Waals surface area contributed by atoms with Crippen molar-refractivity contribution in [1.29, 1.82) is 0 Å². The predicted octanol–water partition coefficient (Wildman–Crippen LogP) is 3.62. The summed E-state index contributed by atoms with van der Waals surface area (Å²) < 4.78 is 12.6. The van der Waals surface area contributed by atoms with Gasteiger partial charge in [-0.1, -0.05) is 31.5 Å². The summed E-state index contributed by atoms with van der Waals surface area (Å²) in [5.74, 6) is 0.0993. The largest absolute Gasteiger partial charge is 0.493 e. The Morgan fingerprint density at radius 2 is 1.72 bits per heavy atom. The highest BCUT2D eigenvalue weighted by Gasteiger charge is 2.18. The van der Waals surface area contributed by atoms with Gasteiger partial charge in [0.15, 0.2) is 11.5 Å². The summed E-state index contributed by atoms with van der Waals surface area (Å²) in [4.78, 5) is 25.3. The Morgan fingerprint density at radius 3 is 2.38 bits per heavy atom. The van der Waals surface area contributed by atoms with E-state index in [2.05, 4.69) is 16.0 Å². The molecule has 0 aliphatic heterocycles. The summed E-state index contributed by atoms with van der Waals surface area (Å²) in [6, 6.07) is 12.7. The van der Waals surface area contributed by atoms with Gasteiger partial charge in [0.2, 0.25) is 0 Å². The normalized spacial score (nSPS) is 10.5. The predicted molar refractivity (Wildman–Crippen MR) is 121 cm³/mol. The van der Waals surface area contributed by atoms with E-state index in [4.69, 9.17) is 9.47 Å². The molecule has 0 saturated heterocycles. The van der Waals surface area contributed by atoms with Crippen LogP contribution in [0.5, 0.6) is 11.5 Å². The van der Waals surface area contributed by atoms with Crippen LogP contribution in [0.1, 0.15) is 52.2 Å². The lowest BCUT2D eigenvalue weighted by Crippen LogP contribution is -2.41. The van der Waals surface area contributed by atoms with Gasteiger partial charge in [0, 0.05) is 5.56 Å². The third kappa shape index (κ3) is 5.08. The van der Waals surface area contributed by atoms with Crippen molar-refractivity contribution in [3.63, 3.8) is 0 Å². The molecule has 0 aliphatic rings. The number of hydrogen-bond donors (Lipinski definition) is 2. The zero-order chi connectivity index (χ0) is 23.1. The van der Waals surface area contributed by atoms with Gasteiger partial charge in [0.05, 0.1) is 36.9 Å². The van der Waals surface area contributed by atoms with Gasteiger partial charge in [-0.2, -0.15) is 5.10 Å². The minimum atomic E-state index is -0.470. The van der Waals surface area contributed by atoms with Crippen LogP contribution >= 0.6 is 0 Å². The molecule has 0 fully saturated rings. The van der Waals surface area contributed by atoms with E-state index in [0.717, 1.165) is 23.4 Å². The van der Waals surface area contributed by atoms with Gasteiger partial charge >= 0.3 is 0 Å². The van der Waals surface area contributed by atoms with Gasteiger partial charge in [0.25, 0.3) is 11.8 Å². The summed E-state index contributed by atoms with van der Waals surface area (Å²) in [5, 5.41) is 4.36. The van der Waals surface area contributed by atoms with E-state index in [1.54, 1.807) is 22.9 Å².